The fourth-order valence-corrected chi connectivity index (χ4v) is 3.24. The van der Waals surface area contributed by atoms with Crippen LogP contribution in [0.2, 0.25) is 5.02 Å². The molecule has 0 saturated carbocycles. The zero-order valence-corrected chi connectivity index (χ0v) is 15.5. The highest BCUT2D eigenvalue weighted by Gasteiger charge is 2.19. The minimum atomic E-state index is -0.225. The van der Waals surface area contributed by atoms with Crippen molar-refractivity contribution in [3.05, 3.63) is 64.9 Å². The Labute approximate surface area is 161 Å². The molecule has 1 aromatic heterocycles. The van der Waals surface area contributed by atoms with E-state index in [0.717, 1.165) is 11.4 Å². The molecule has 0 fully saturated rings. The summed E-state index contributed by atoms with van der Waals surface area (Å²) < 4.78 is 12.8. The molecule has 1 N–H and O–H groups in total. The summed E-state index contributed by atoms with van der Waals surface area (Å²) in [7, 11) is 0. The summed E-state index contributed by atoms with van der Waals surface area (Å²) in [6.45, 7) is 3.01. The second-order valence-corrected chi connectivity index (χ2v) is 6.50. The molecule has 4 rings (SSSR count). The molecular formula is C20H18ClN3O3. The zero-order chi connectivity index (χ0) is 18.8. The third kappa shape index (κ3) is 3.48. The summed E-state index contributed by atoms with van der Waals surface area (Å²) in [5.74, 6) is 1.09. The molecule has 7 heteroatoms. The topological polar surface area (TPSA) is 65.4 Å². The predicted octanol–water partition coefficient (Wildman–Crippen LogP) is 4.11. The van der Waals surface area contributed by atoms with Crippen molar-refractivity contribution in [1.29, 1.82) is 0 Å². The van der Waals surface area contributed by atoms with Crippen molar-refractivity contribution in [2.24, 2.45) is 0 Å². The molecule has 0 bridgehead atoms. The highest BCUT2D eigenvalue weighted by atomic mass is 35.5. The predicted molar refractivity (Wildman–Crippen MR) is 103 cm³/mol. The number of aromatic nitrogens is 2. The van der Waals surface area contributed by atoms with E-state index in [1.54, 1.807) is 35.1 Å². The molecule has 1 amide bonds. The first-order chi connectivity index (χ1) is 13.2. The number of carbonyl (C=O) groups is 1. The molecule has 27 heavy (non-hydrogen) atoms. The summed E-state index contributed by atoms with van der Waals surface area (Å²) in [6, 6.07) is 12.7. The Kier molecular flexibility index (Phi) is 4.73. The average molecular weight is 384 g/mol. The number of amides is 1. The molecule has 0 unspecified atom stereocenters. The van der Waals surface area contributed by atoms with E-state index in [-0.39, 0.29) is 5.91 Å². The summed E-state index contributed by atoms with van der Waals surface area (Å²) in [4.78, 5) is 12.8. The lowest BCUT2D eigenvalue weighted by molar-refractivity contribution is 0.102. The van der Waals surface area contributed by atoms with Crippen LogP contribution in [0.5, 0.6) is 11.5 Å². The Balaban J connectivity index is 1.61. The average Bonchev–Trinajstić information content (AvgIpc) is 3.12. The van der Waals surface area contributed by atoms with Crippen LogP contribution in [0.15, 0.2) is 48.7 Å². The van der Waals surface area contributed by atoms with Crippen molar-refractivity contribution in [3.63, 3.8) is 0 Å². The highest BCUT2D eigenvalue weighted by molar-refractivity contribution is 6.30. The Hall–Kier alpha value is -2.99. The molecule has 3 aromatic rings. The number of hydrogen-bond acceptors (Lipinski definition) is 4. The minimum absolute atomic E-state index is 0.225. The van der Waals surface area contributed by atoms with Crippen molar-refractivity contribution in [1.82, 2.24) is 9.78 Å². The molecule has 6 nitrogen and oxygen atoms in total. The number of ether oxygens (including phenoxy) is 2. The van der Waals surface area contributed by atoms with Crippen molar-refractivity contribution in [3.8, 4) is 17.2 Å². The molecule has 138 valence electrons. The summed E-state index contributed by atoms with van der Waals surface area (Å²) in [6.07, 6.45) is 2.23. The third-order valence-electron chi connectivity index (χ3n) is 4.30. The Bertz CT molecular complexity index is 1000. The van der Waals surface area contributed by atoms with Gasteiger partial charge in [-0.15, -0.1) is 0 Å². The van der Waals surface area contributed by atoms with Gasteiger partial charge in [0.05, 0.1) is 23.1 Å². The molecule has 0 radical (unpaired) electrons. The fraction of sp³-hybridized carbons (Fsp3) is 0.200. The Morgan fingerprint density at radius 2 is 2.00 bits per heavy atom. The van der Waals surface area contributed by atoms with Gasteiger partial charge >= 0.3 is 0 Å². The lowest BCUT2D eigenvalue weighted by Gasteiger charge is -2.19. The van der Waals surface area contributed by atoms with Gasteiger partial charge in [-0.25, -0.2) is 4.68 Å². The van der Waals surface area contributed by atoms with Gasteiger partial charge in [0.1, 0.15) is 13.2 Å². The fourth-order valence-electron chi connectivity index (χ4n) is 3.05. The van der Waals surface area contributed by atoms with Gasteiger partial charge in [-0.05, 0) is 36.8 Å². The van der Waals surface area contributed by atoms with Crippen molar-refractivity contribution >= 4 is 23.2 Å². The van der Waals surface area contributed by atoms with Crippen LogP contribution in [0.4, 0.5) is 5.69 Å². The number of nitrogens with zero attached hydrogens (tertiary/aromatic N) is 2. The first-order valence-electron chi connectivity index (χ1n) is 8.69. The lowest BCUT2D eigenvalue weighted by Crippen LogP contribution is -2.17. The molecule has 2 aromatic carbocycles. The quantitative estimate of drug-likeness (QED) is 0.736. The first kappa shape index (κ1) is 17.4. The molecule has 2 heterocycles. The highest BCUT2D eigenvalue weighted by Crippen LogP contribution is 2.32. The van der Waals surface area contributed by atoms with E-state index in [9.17, 15) is 4.79 Å². The van der Waals surface area contributed by atoms with Crippen LogP contribution in [-0.2, 0) is 6.42 Å². The third-order valence-corrected chi connectivity index (χ3v) is 4.54. The monoisotopic (exact) mass is 383 g/mol. The smallest absolute Gasteiger partial charge is 0.259 e. The zero-order valence-electron chi connectivity index (χ0n) is 14.7. The number of anilines is 1. The molecule has 0 spiro atoms. The Morgan fingerprint density at radius 3 is 2.78 bits per heavy atom. The van der Waals surface area contributed by atoms with Gasteiger partial charge in [-0.1, -0.05) is 24.6 Å². The number of carbonyl (C=O) groups excluding carboxylic acids is 1. The normalized spacial score (nSPS) is 12.7. The van der Waals surface area contributed by atoms with E-state index in [2.05, 4.69) is 10.4 Å². The van der Waals surface area contributed by atoms with Gasteiger partial charge in [0.15, 0.2) is 11.5 Å². The molecule has 0 atom stereocenters. The Morgan fingerprint density at radius 1 is 1.19 bits per heavy atom. The van der Waals surface area contributed by atoms with E-state index in [1.807, 2.05) is 25.1 Å². The van der Waals surface area contributed by atoms with Gasteiger partial charge in [0.25, 0.3) is 5.91 Å². The summed E-state index contributed by atoms with van der Waals surface area (Å²) in [5.41, 5.74) is 2.79. The van der Waals surface area contributed by atoms with Gasteiger partial charge in [0, 0.05) is 16.8 Å². The largest absolute Gasteiger partial charge is 0.486 e. The van der Waals surface area contributed by atoms with Crippen LogP contribution in [0.1, 0.15) is 23.0 Å². The molecule has 1 aliphatic rings. The SMILES string of the molecule is CCc1c(C(=O)Nc2ccc3c(c2)OCCO3)cnn1-c1cccc(Cl)c1. The number of benzene rings is 2. The number of halogens is 1. The molecular weight excluding hydrogens is 366 g/mol. The second-order valence-electron chi connectivity index (χ2n) is 6.06. The van der Waals surface area contributed by atoms with E-state index < -0.39 is 0 Å². The van der Waals surface area contributed by atoms with Crippen LogP contribution < -0.4 is 14.8 Å². The first-order valence-corrected chi connectivity index (χ1v) is 9.07. The number of hydrogen-bond donors (Lipinski definition) is 1. The van der Waals surface area contributed by atoms with Gasteiger partial charge in [-0.2, -0.15) is 5.10 Å². The van der Waals surface area contributed by atoms with Crippen LogP contribution in [0.3, 0.4) is 0 Å². The number of rotatable bonds is 4. The maximum Gasteiger partial charge on any atom is 0.259 e. The van der Waals surface area contributed by atoms with E-state index >= 15 is 0 Å². The summed E-state index contributed by atoms with van der Waals surface area (Å²) in [5, 5.41) is 7.91. The van der Waals surface area contributed by atoms with Crippen molar-refractivity contribution < 1.29 is 14.3 Å². The second kappa shape index (κ2) is 7.32. The van der Waals surface area contributed by atoms with Crippen molar-refractivity contribution in [2.75, 3.05) is 18.5 Å². The van der Waals surface area contributed by atoms with Gasteiger partial charge in [-0.3, -0.25) is 4.79 Å². The van der Waals surface area contributed by atoms with Crippen LogP contribution >= 0.6 is 11.6 Å². The molecule has 0 aliphatic carbocycles. The van der Waals surface area contributed by atoms with Gasteiger partial charge < -0.3 is 14.8 Å². The van der Waals surface area contributed by atoms with Crippen molar-refractivity contribution in [2.45, 2.75) is 13.3 Å². The van der Waals surface area contributed by atoms with E-state index in [0.29, 0.717) is 47.4 Å². The van der Waals surface area contributed by atoms with Crippen LogP contribution in [0, 0.1) is 0 Å². The molecule has 0 saturated heterocycles. The van der Waals surface area contributed by atoms with E-state index in [1.165, 1.54) is 0 Å². The van der Waals surface area contributed by atoms with Crippen LogP contribution in [-0.4, -0.2) is 28.9 Å². The molecule has 1 aliphatic heterocycles. The summed E-state index contributed by atoms with van der Waals surface area (Å²) >= 11 is 6.08. The standard InChI is InChI=1S/C20H18ClN3O3/c1-2-17-16(12-22-24(17)15-5-3-4-13(21)10-15)20(25)23-14-6-7-18-19(11-14)27-9-8-26-18/h3-7,10-12H,2,8-9H2,1H3,(H,23,25). The van der Waals surface area contributed by atoms with Crippen LogP contribution in [0.25, 0.3) is 5.69 Å². The number of nitrogens with one attached hydrogen (secondary N) is 1. The lowest BCUT2D eigenvalue weighted by atomic mass is 10.1. The minimum Gasteiger partial charge on any atom is -0.486 e. The number of fused-ring (bicyclic) bond motifs is 1. The maximum atomic E-state index is 12.8. The van der Waals surface area contributed by atoms with Gasteiger partial charge in [0.2, 0.25) is 0 Å². The maximum absolute atomic E-state index is 12.8. The van der Waals surface area contributed by atoms with E-state index in [4.69, 9.17) is 21.1 Å².